The van der Waals surface area contributed by atoms with Crippen molar-refractivity contribution in [3.63, 3.8) is 0 Å². The van der Waals surface area contributed by atoms with Gasteiger partial charge in [-0.05, 0) is 12.1 Å². The maximum atomic E-state index is 5.88. The molecule has 2 heterocycles. The van der Waals surface area contributed by atoms with E-state index in [9.17, 15) is 0 Å². The second kappa shape index (κ2) is 4.89. The van der Waals surface area contributed by atoms with E-state index in [2.05, 4.69) is 10.1 Å². The minimum absolute atomic E-state index is 0.0478. The predicted molar refractivity (Wildman–Crippen MR) is 66.9 cm³/mol. The Hall–Kier alpha value is -2.08. The number of nitrogens with two attached hydrogens (primary N) is 1. The summed E-state index contributed by atoms with van der Waals surface area (Å²) in [6.07, 6.45) is 0.720. The smallest absolute Gasteiger partial charge is 0.226 e. The summed E-state index contributed by atoms with van der Waals surface area (Å²) in [4.78, 5) is 4.17. The van der Waals surface area contributed by atoms with Gasteiger partial charge in [0.15, 0.2) is 6.61 Å². The molecule has 0 aliphatic carbocycles. The molecule has 1 aliphatic rings. The van der Waals surface area contributed by atoms with Gasteiger partial charge in [0.2, 0.25) is 11.7 Å². The van der Waals surface area contributed by atoms with Crippen molar-refractivity contribution in [1.29, 1.82) is 0 Å². The highest BCUT2D eigenvalue weighted by Gasteiger charge is 2.20. The molecule has 3 rings (SSSR count). The van der Waals surface area contributed by atoms with Crippen LogP contribution in [0.4, 0.5) is 0 Å². The Balaban J connectivity index is 1.67. The summed E-state index contributed by atoms with van der Waals surface area (Å²) >= 11 is 0. The van der Waals surface area contributed by atoms with E-state index in [1.54, 1.807) is 0 Å². The van der Waals surface area contributed by atoms with Crippen LogP contribution in [0.3, 0.4) is 0 Å². The van der Waals surface area contributed by atoms with Crippen LogP contribution in [0.15, 0.2) is 22.7 Å². The summed E-state index contributed by atoms with van der Waals surface area (Å²) in [7, 11) is 0. The van der Waals surface area contributed by atoms with Gasteiger partial charge in [-0.25, -0.2) is 0 Å². The third-order valence-electron chi connectivity index (χ3n) is 2.98. The second-order valence-corrected chi connectivity index (χ2v) is 4.36. The van der Waals surface area contributed by atoms with Crippen molar-refractivity contribution in [3.8, 4) is 11.5 Å². The summed E-state index contributed by atoms with van der Waals surface area (Å²) in [5.74, 6) is 2.64. The lowest BCUT2D eigenvalue weighted by Gasteiger charge is -2.05. The highest BCUT2D eigenvalue weighted by atomic mass is 16.5. The summed E-state index contributed by atoms with van der Waals surface area (Å²) in [5.41, 5.74) is 6.90. The number of hydrogen-bond donors (Lipinski definition) is 1. The minimum atomic E-state index is -0.0478. The molecular weight excluding hydrogens is 246 g/mol. The molecule has 1 atom stereocenters. The van der Waals surface area contributed by atoms with Crippen LogP contribution in [-0.4, -0.2) is 16.7 Å². The van der Waals surface area contributed by atoms with Crippen molar-refractivity contribution < 1.29 is 14.0 Å². The Labute approximate surface area is 110 Å². The van der Waals surface area contributed by atoms with Gasteiger partial charge in [0.1, 0.15) is 18.1 Å². The topological polar surface area (TPSA) is 83.4 Å². The first-order chi connectivity index (χ1) is 9.26. The molecule has 0 saturated carbocycles. The molecule has 6 nitrogen and oxygen atoms in total. The highest BCUT2D eigenvalue weighted by Crippen LogP contribution is 2.34. The predicted octanol–water partition coefficient (Wildman–Crippen LogP) is 1.60. The van der Waals surface area contributed by atoms with Crippen LogP contribution in [0.5, 0.6) is 11.5 Å². The maximum Gasteiger partial charge on any atom is 0.226 e. The molecule has 0 saturated heterocycles. The Morgan fingerprint density at radius 1 is 1.47 bits per heavy atom. The highest BCUT2D eigenvalue weighted by molar-refractivity contribution is 5.44. The molecule has 19 heavy (non-hydrogen) atoms. The largest absolute Gasteiger partial charge is 0.491 e. The van der Waals surface area contributed by atoms with Gasteiger partial charge in [0.25, 0.3) is 0 Å². The number of aryl methyl sites for hydroxylation is 1. The average molecular weight is 261 g/mol. The number of rotatable bonds is 4. The van der Waals surface area contributed by atoms with Gasteiger partial charge in [0, 0.05) is 18.1 Å². The quantitative estimate of drug-likeness (QED) is 0.900. The molecule has 2 aromatic rings. The maximum absolute atomic E-state index is 5.88. The number of ether oxygens (including phenoxy) is 2. The fourth-order valence-electron chi connectivity index (χ4n) is 1.95. The molecule has 6 heteroatoms. The first-order valence-electron chi connectivity index (χ1n) is 6.23. The van der Waals surface area contributed by atoms with Gasteiger partial charge in [0.05, 0.1) is 6.04 Å². The number of aromatic nitrogens is 2. The molecule has 0 spiro atoms. The van der Waals surface area contributed by atoms with Crippen LogP contribution in [0.2, 0.25) is 0 Å². The second-order valence-electron chi connectivity index (χ2n) is 4.36. The van der Waals surface area contributed by atoms with Gasteiger partial charge in [-0.1, -0.05) is 12.1 Å². The Kier molecular flexibility index (Phi) is 3.08. The first-order valence-corrected chi connectivity index (χ1v) is 6.23. The third kappa shape index (κ3) is 2.39. The van der Waals surface area contributed by atoms with Gasteiger partial charge >= 0.3 is 0 Å². The molecule has 2 N–H and O–H groups in total. The van der Waals surface area contributed by atoms with Crippen molar-refractivity contribution in [3.05, 3.63) is 35.5 Å². The van der Waals surface area contributed by atoms with Crippen LogP contribution >= 0.6 is 0 Å². The molecule has 0 bridgehead atoms. The van der Waals surface area contributed by atoms with E-state index >= 15 is 0 Å². The van der Waals surface area contributed by atoms with E-state index in [0.29, 0.717) is 24.1 Å². The van der Waals surface area contributed by atoms with Crippen molar-refractivity contribution in [2.24, 2.45) is 5.73 Å². The lowest BCUT2D eigenvalue weighted by atomic mass is 10.1. The molecule has 1 aromatic heterocycles. The van der Waals surface area contributed by atoms with Crippen LogP contribution in [-0.2, 0) is 13.0 Å². The van der Waals surface area contributed by atoms with Crippen LogP contribution < -0.4 is 15.2 Å². The molecular formula is C13H15N3O3. The zero-order valence-electron chi connectivity index (χ0n) is 10.6. The monoisotopic (exact) mass is 261 g/mol. The molecule has 0 amide bonds. The van der Waals surface area contributed by atoms with E-state index in [1.807, 2.05) is 25.1 Å². The molecule has 1 unspecified atom stereocenters. The normalized spacial score (nSPS) is 17.1. The fourth-order valence-corrected chi connectivity index (χ4v) is 1.95. The standard InChI is InChI=1S/C13H15N3O3/c1-2-13-15-12(16-19-13)7-17-8-3-4-9-10(14)6-18-11(9)5-8/h3-5,10H,2,6-7,14H2,1H3. The molecule has 0 radical (unpaired) electrons. The van der Waals surface area contributed by atoms with Crippen molar-refractivity contribution in [2.75, 3.05) is 6.61 Å². The van der Waals surface area contributed by atoms with Gasteiger partial charge in [-0.2, -0.15) is 4.98 Å². The van der Waals surface area contributed by atoms with Crippen LogP contribution in [0.1, 0.15) is 30.2 Å². The number of hydrogen-bond acceptors (Lipinski definition) is 6. The van der Waals surface area contributed by atoms with Gasteiger partial charge < -0.3 is 19.7 Å². The summed E-state index contributed by atoms with van der Waals surface area (Å²) in [6, 6.07) is 5.58. The number of fused-ring (bicyclic) bond motifs is 1. The van der Waals surface area contributed by atoms with E-state index in [1.165, 1.54) is 0 Å². The zero-order valence-corrected chi connectivity index (χ0v) is 10.6. The summed E-state index contributed by atoms with van der Waals surface area (Å²) < 4.78 is 16.1. The van der Waals surface area contributed by atoms with E-state index < -0.39 is 0 Å². The zero-order chi connectivity index (χ0) is 13.2. The molecule has 1 aliphatic heterocycles. The van der Waals surface area contributed by atoms with E-state index in [-0.39, 0.29) is 12.6 Å². The first kappa shape index (κ1) is 12.0. The van der Waals surface area contributed by atoms with Crippen LogP contribution in [0, 0.1) is 0 Å². The number of benzene rings is 1. The van der Waals surface area contributed by atoms with Crippen molar-refractivity contribution in [2.45, 2.75) is 26.0 Å². The van der Waals surface area contributed by atoms with Crippen LogP contribution in [0.25, 0.3) is 0 Å². The third-order valence-corrected chi connectivity index (χ3v) is 2.98. The van der Waals surface area contributed by atoms with Gasteiger partial charge in [-0.15, -0.1) is 0 Å². The SMILES string of the molecule is CCc1nc(COc2ccc3c(c2)OCC3N)no1. The van der Waals surface area contributed by atoms with Crippen molar-refractivity contribution in [1.82, 2.24) is 10.1 Å². The molecule has 0 fully saturated rings. The van der Waals surface area contributed by atoms with E-state index in [0.717, 1.165) is 17.7 Å². The van der Waals surface area contributed by atoms with E-state index in [4.69, 9.17) is 19.7 Å². The summed E-state index contributed by atoms with van der Waals surface area (Å²) in [6.45, 7) is 2.75. The molecule has 100 valence electrons. The minimum Gasteiger partial charge on any atom is -0.491 e. The fraction of sp³-hybridized carbons (Fsp3) is 0.385. The Morgan fingerprint density at radius 3 is 3.16 bits per heavy atom. The lowest BCUT2D eigenvalue weighted by Crippen LogP contribution is -2.10. The lowest BCUT2D eigenvalue weighted by molar-refractivity contribution is 0.282. The Morgan fingerprint density at radius 2 is 2.37 bits per heavy atom. The van der Waals surface area contributed by atoms with Crippen molar-refractivity contribution >= 4 is 0 Å². The average Bonchev–Trinajstić information content (AvgIpc) is 3.03. The van der Waals surface area contributed by atoms with Gasteiger partial charge in [-0.3, -0.25) is 0 Å². The Bertz CT molecular complexity index is 582. The number of nitrogens with zero attached hydrogens (tertiary/aromatic N) is 2. The molecule has 1 aromatic carbocycles. The summed E-state index contributed by atoms with van der Waals surface area (Å²) in [5, 5.41) is 3.82.